The molecule has 1 amide bonds. The molecule has 0 spiro atoms. The number of rotatable bonds is 5. The molecule has 0 fully saturated rings. The van der Waals surface area contributed by atoms with E-state index in [0.717, 1.165) is 12.1 Å². The SMILES string of the molecule is NCCCCNC(=O)c1ccc(Br)cc1C(F)(F)F. The first-order chi connectivity index (χ1) is 8.86. The minimum Gasteiger partial charge on any atom is -0.352 e. The van der Waals surface area contributed by atoms with Gasteiger partial charge < -0.3 is 11.1 Å². The average Bonchev–Trinajstić information content (AvgIpc) is 2.33. The third-order valence-electron chi connectivity index (χ3n) is 2.45. The largest absolute Gasteiger partial charge is 0.417 e. The first-order valence-corrected chi connectivity index (χ1v) is 6.50. The van der Waals surface area contributed by atoms with Crippen LogP contribution in [0.15, 0.2) is 22.7 Å². The molecular weight excluding hydrogens is 325 g/mol. The van der Waals surface area contributed by atoms with E-state index in [2.05, 4.69) is 21.2 Å². The molecule has 0 aliphatic heterocycles. The predicted octanol–water partition coefficient (Wildman–Crippen LogP) is 2.94. The normalized spacial score (nSPS) is 11.4. The maximum atomic E-state index is 12.8. The third kappa shape index (κ3) is 4.83. The van der Waals surface area contributed by atoms with Crippen LogP contribution in [0.2, 0.25) is 0 Å². The average molecular weight is 339 g/mol. The van der Waals surface area contributed by atoms with Crippen molar-refractivity contribution >= 4 is 21.8 Å². The van der Waals surface area contributed by atoms with Gasteiger partial charge in [-0.3, -0.25) is 4.79 Å². The van der Waals surface area contributed by atoms with Crippen LogP contribution in [0.3, 0.4) is 0 Å². The second-order valence-electron chi connectivity index (χ2n) is 3.94. The van der Waals surface area contributed by atoms with E-state index in [1.807, 2.05) is 0 Å². The molecule has 0 atom stereocenters. The summed E-state index contributed by atoms with van der Waals surface area (Å²) >= 11 is 2.97. The zero-order chi connectivity index (χ0) is 14.5. The zero-order valence-corrected chi connectivity index (χ0v) is 11.6. The third-order valence-corrected chi connectivity index (χ3v) is 2.94. The van der Waals surface area contributed by atoms with Gasteiger partial charge in [-0.05, 0) is 37.6 Å². The Morgan fingerprint density at radius 2 is 2.00 bits per heavy atom. The quantitative estimate of drug-likeness (QED) is 0.811. The highest BCUT2D eigenvalue weighted by Gasteiger charge is 2.35. The van der Waals surface area contributed by atoms with Crippen molar-refractivity contribution in [3.63, 3.8) is 0 Å². The summed E-state index contributed by atoms with van der Waals surface area (Å²) < 4.78 is 38.7. The van der Waals surface area contributed by atoms with Crippen molar-refractivity contribution in [2.24, 2.45) is 5.73 Å². The van der Waals surface area contributed by atoms with Gasteiger partial charge >= 0.3 is 6.18 Å². The Morgan fingerprint density at radius 3 is 2.58 bits per heavy atom. The number of hydrogen-bond acceptors (Lipinski definition) is 2. The van der Waals surface area contributed by atoms with Gasteiger partial charge in [0.25, 0.3) is 5.91 Å². The predicted molar refractivity (Wildman–Crippen MR) is 69.8 cm³/mol. The molecule has 7 heteroatoms. The van der Waals surface area contributed by atoms with Crippen molar-refractivity contribution in [3.8, 4) is 0 Å². The Bertz CT molecular complexity index is 449. The molecule has 1 rings (SSSR count). The van der Waals surface area contributed by atoms with Gasteiger partial charge in [-0.15, -0.1) is 0 Å². The van der Waals surface area contributed by atoms with E-state index in [1.165, 1.54) is 6.07 Å². The highest BCUT2D eigenvalue weighted by molar-refractivity contribution is 9.10. The highest BCUT2D eigenvalue weighted by atomic mass is 79.9. The van der Waals surface area contributed by atoms with Crippen LogP contribution in [0.25, 0.3) is 0 Å². The van der Waals surface area contributed by atoms with Crippen LogP contribution >= 0.6 is 15.9 Å². The van der Waals surface area contributed by atoms with Gasteiger partial charge in [0.2, 0.25) is 0 Å². The van der Waals surface area contributed by atoms with E-state index in [-0.39, 0.29) is 10.0 Å². The van der Waals surface area contributed by atoms with Gasteiger partial charge in [0, 0.05) is 11.0 Å². The number of nitrogens with one attached hydrogen (secondary N) is 1. The molecule has 1 aromatic rings. The maximum Gasteiger partial charge on any atom is 0.417 e. The molecule has 0 aliphatic carbocycles. The van der Waals surface area contributed by atoms with Gasteiger partial charge in [-0.25, -0.2) is 0 Å². The fraction of sp³-hybridized carbons (Fsp3) is 0.417. The van der Waals surface area contributed by atoms with Gasteiger partial charge in [-0.2, -0.15) is 13.2 Å². The summed E-state index contributed by atoms with van der Waals surface area (Å²) in [4.78, 5) is 11.7. The summed E-state index contributed by atoms with van der Waals surface area (Å²) in [5, 5.41) is 2.46. The first kappa shape index (κ1) is 16.0. The minimum atomic E-state index is -4.56. The van der Waals surface area contributed by atoms with Crippen molar-refractivity contribution in [1.29, 1.82) is 0 Å². The number of nitrogens with two attached hydrogens (primary N) is 1. The van der Waals surface area contributed by atoms with Crippen molar-refractivity contribution in [1.82, 2.24) is 5.32 Å². The maximum absolute atomic E-state index is 12.8. The molecule has 0 bridgehead atoms. The van der Waals surface area contributed by atoms with E-state index in [0.29, 0.717) is 25.9 Å². The Labute approximate surface area is 117 Å². The lowest BCUT2D eigenvalue weighted by Crippen LogP contribution is -2.27. The van der Waals surface area contributed by atoms with Crippen molar-refractivity contribution in [2.45, 2.75) is 19.0 Å². The first-order valence-electron chi connectivity index (χ1n) is 5.71. The van der Waals surface area contributed by atoms with E-state index in [1.54, 1.807) is 0 Å². The van der Waals surface area contributed by atoms with E-state index in [9.17, 15) is 18.0 Å². The molecule has 1 aromatic carbocycles. The van der Waals surface area contributed by atoms with Crippen LogP contribution in [0.1, 0.15) is 28.8 Å². The summed E-state index contributed by atoms with van der Waals surface area (Å²) in [5.41, 5.74) is 3.97. The molecule has 19 heavy (non-hydrogen) atoms. The lowest BCUT2D eigenvalue weighted by molar-refractivity contribution is -0.138. The molecule has 0 saturated heterocycles. The molecular formula is C12H14BrF3N2O. The topological polar surface area (TPSA) is 55.1 Å². The zero-order valence-electron chi connectivity index (χ0n) is 10.1. The molecule has 0 aromatic heterocycles. The van der Waals surface area contributed by atoms with Crippen LogP contribution in [0, 0.1) is 0 Å². The molecule has 3 N–H and O–H groups in total. The minimum absolute atomic E-state index is 0.277. The van der Waals surface area contributed by atoms with Crippen LogP contribution in [0.4, 0.5) is 13.2 Å². The fourth-order valence-electron chi connectivity index (χ4n) is 1.52. The number of carbonyl (C=O) groups excluding carboxylic acids is 1. The number of alkyl halides is 3. The molecule has 0 heterocycles. The number of halogens is 4. The summed E-state index contributed by atoms with van der Waals surface area (Å²) in [7, 11) is 0. The molecule has 0 radical (unpaired) electrons. The molecule has 0 unspecified atom stereocenters. The lowest BCUT2D eigenvalue weighted by Gasteiger charge is -2.13. The van der Waals surface area contributed by atoms with Crippen molar-refractivity contribution in [2.75, 3.05) is 13.1 Å². The molecule has 3 nitrogen and oxygen atoms in total. The smallest absolute Gasteiger partial charge is 0.352 e. The monoisotopic (exact) mass is 338 g/mol. The summed E-state index contributed by atoms with van der Waals surface area (Å²) in [6, 6.07) is 3.46. The molecule has 0 aliphatic rings. The van der Waals surface area contributed by atoms with Crippen LogP contribution in [0.5, 0.6) is 0 Å². The fourth-order valence-corrected chi connectivity index (χ4v) is 1.88. The number of carbonyl (C=O) groups is 1. The van der Waals surface area contributed by atoms with Gasteiger partial charge in [0.15, 0.2) is 0 Å². The van der Waals surface area contributed by atoms with Crippen LogP contribution < -0.4 is 11.1 Å². The number of amides is 1. The number of unbranched alkanes of at least 4 members (excludes halogenated alkanes) is 1. The van der Waals surface area contributed by atoms with Gasteiger partial charge in [0.05, 0.1) is 11.1 Å². The number of hydrogen-bond donors (Lipinski definition) is 2. The Hall–Kier alpha value is -1.08. The lowest BCUT2D eigenvalue weighted by atomic mass is 10.1. The van der Waals surface area contributed by atoms with Crippen molar-refractivity contribution < 1.29 is 18.0 Å². The summed E-state index contributed by atoms with van der Waals surface area (Å²) in [6.07, 6.45) is -3.21. The van der Waals surface area contributed by atoms with Gasteiger partial charge in [0.1, 0.15) is 0 Å². The van der Waals surface area contributed by atoms with Crippen molar-refractivity contribution in [3.05, 3.63) is 33.8 Å². The molecule has 0 saturated carbocycles. The Kier molecular flexibility index (Phi) is 5.81. The summed E-state index contributed by atoms with van der Waals surface area (Å²) in [6.45, 7) is 0.797. The van der Waals surface area contributed by atoms with E-state index >= 15 is 0 Å². The number of benzene rings is 1. The van der Waals surface area contributed by atoms with Crippen LogP contribution in [-0.2, 0) is 6.18 Å². The second-order valence-corrected chi connectivity index (χ2v) is 4.86. The summed E-state index contributed by atoms with van der Waals surface area (Å²) in [5.74, 6) is -0.725. The Balaban J connectivity index is 2.85. The second kappa shape index (κ2) is 6.91. The standard InChI is InChI=1S/C12H14BrF3N2O/c13-8-3-4-9(10(7-8)12(14,15)16)11(19)18-6-2-1-5-17/h3-4,7H,1-2,5-6,17H2,(H,18,19). The van der Waals surface area contributed by atoms with E-state index in [4.69, 9.17) is 5.73 Å². The Morgan fingerprint density at radius 1 is 1.32 bits per heavy atom. The highest BCUT2D eigenvalue weighted by Crippen LogP contribution is 2.33. The van der Waals surface area contributed by atoms with Crippen LogP contribution in [-0.4, -0.2) is 19.0 Å². The molecule has 106 valence electrons. The van der Waals surface area contributed by atoms with Gasteiger partial charge in [-0.1, -0.05) is 15.9 Å². The van der Waals surface area contributed by atoms with E-state index < -0.39 is 17.6 Å².